The molecular weight excluding hydrogens is 701 g/mol. The van der Waals surface area contributed by atoms with Crippen LogP contribution in [0, 0.1) is 5.92 Å². The standard InChI is InChI=1S/C33H27Cl2N3O8S2/c1-4-46-32(42)16-5-9-19(10-6-16)38-29(40)26-25(17-7-12-22(44-2)23(13-17)45-3)28-31(47-27(26)30(38)41)37(33(43)48-28)15-24(39)36-18-8-11-20(34)21(35)14-18/h5-14,25-27H,4,15H2,1-3H3,(H,36,39)/t25-,26-,27+/m0/s1. The number of carbonyl (C=O) groups excluding carboxylic acids is 4. The summed E-state index contributed by atoms with van der Waals surface area (Å²) >= 11 is 14.1. The van der Waals surface area contributed by atoms with Crippen LogP contribution in [0.2, 0.25) is 10.0 Å². The van der Waals surface area contributed by atoms with Gasteiger partial charge in [0.05, 0.1) is 53.1 Å². The van der Waals surface area contributed by atoms with E-state index in [0.717, 1.165) is 28.0 Å². The molecule has 1 fully saturated rings. The number of fused-ring (bicyclic) bond motifs is 2. The topological polar surface area (TPSA) is 133 Å². The van der Waals surface area contributed by atoms with Crippen LogP contribution >= 0.6 is 46.3 Å². The van der Waals surface area contributed by atoms with Crippen LogP contribution in [0.5, 0.6) is 11.5 Å². The molecule has 1 saturated heterocycles. The number of amides is 3. The number of nitrogens with zero attached hydrogens (tertiary/aromatic N) is 2. The van der Waals surface area contributed by atoms with Crippen molar-refractivity contribution in [2.75, 3.05) is 31.0 Å². The van der Waals surface area contributed by atoms with E-state index in [9.17, 15) is 24.0 Å². The van der Waals surface area contributed by atoms with Gasteiger partial charge in [-0.15, -0.1) is 0 Å². The number of aromatic nitrogens is 1. The Balaban J connectivity index is 1.40. The van der Waals surface area contributed by atoms with Crippen molar-refractivity contribution in [3.05, 3.63) is 96.4 Å². The van der Waals surface area contributed by atoms with Crippen molar-refractivity contribution in [1.82, 2.24) is 4.57 Å². The maximum Gasteiger partial charge on any atom is 0.338 e. The number of hydrogen-bond donors (Lipinski definition) is 1. The highest BCUT2D eigenvalue weighted by Gasteiger charge is 2.57. The molecular formula is C33H27Cl2N3O8S2. The Morgan fingerprint density at radius 1 is 0.896 bits per heavy atom. The number of ether oxygens (including phenoxy) is 3. The molecule has 2 aliphatic rings. The van der Waals surface area contributed by atoms with E-state index >= 15 is 0 Å². The molecule has 0 unspecified atom stereocenters. The van der Waals surface area contributed by atoms with E-state index in [1.165, 1.54) is 49.1 Å². The molecule has 3 heterocycles. The number of anilines is 2. The van der Waals surface area contributed by atoms with Crippen molar-refractivity contribution in [3.63, 3.8) is 0 Å². The van der Waals surface area contributed by atoms with Gasteiger partial charge in [-0.05, 0) is 67.1 Å². The number of nitrogens with one attached hydrogen (secondary N) is 1. The van der Waals surface area contributed by atoms with Crippen molar-refractivity contribution in [2.45, 2.75) is 29.7 Å². The molecule has 0 saturated carbocycles. The lowest BCUT2D eigenvalue weighted by Crippen LogP contribution is -2.33. The molecule has 0 aliphatic carbocycles. The predicted molar refractivity (Wildman–Crippen MR) is 183 cm³/mol. The monoisotopic (exact) mass is 727 g/mol. The van der Waals surface area contributed by atoms with Gasteiger partial charge in [0.2, 0.25) is 17.7 Å². The van der Waals surface area contributed by atoms with Crippen LogP contribution in [0.25, 0.3) is 0 Å². The van der Waals surface area contributed by atoms with Crippen molar-refractivity contribution in [2.24, 2.45) is 5.92 Å². The fourth-order valence-corrected chi connectivity index (χ4v) is 8.87. The number of carbonyl (C=O) groups is 4. The number of thioether (sulfide) groups is 1. The molecule has 0 bridgehead atoms. The molecule has 1 N–H and O–H groups in total. The molecule has 2 aliphatic heterocycles. The quantitative estimate of drug-likeness (QED) is 0.167. The lowest BCUT2D eigenvalue weighted by atomic mass is 9.83. The van der Waals surface area contributed by atoms with Crippen LogP contribution in [0.3, 0.4) is 0 Å². The summed E-state index contributed by atoms with van der Waals surface area (Å²) in [6.07, 6.45) is 0. The van der Waals surface area contributed by atoms with E-state index < -0.39 is 45.6 Å². The fourth-order valence-electron chi connectivity index (χ4n) is 5.79. The van der Waals surface area contributed by atoms with Gasteiger partial charge >= 0.3 is 10.8 Å². The number of rotatable bonds is 9. The molecule has 0 spiro atoms. The Labute approximate surface area is 292 Å². The highest BCUT2D eigenvalue weighted by Crippen LogP contribution is 2.54. The molecule has 11 nitrogen and oxygen atoms in total. The Morgan fingerprint density at radius 3 is 2.29 bits per heavy atom. The molecule has 1 aromatic heterocycles. The summed E-state index contributed by atoms with van der Waals surface area (Å²) in [6, 6.07) is 15.8. The summed E-state index contributed by atoms with van der Waals surface area (Å²) in [4.78, 5) is 68.4. The van der Waals surface area contributed by atoms with Gasteiger partial charge in [0.25, 0.3) is 0 Å². The summed E-state index contributed by atoms with van der Waals surface area (Å²) in [5.74, 6) is -2.73. The largest absolute Gasteiger partial charge is 0.493 e. The predicted octanol–water partition coefficient (Wildman–Crippen LogP) is 5.85. The Kier molecular flexibility index (Phi) is 9.57. The number of methoxy groups -OCH3 is 2. The first-order valence-corrected chi connectivity index (χ1v) is 17.0. The molecule has 0 radical (unpaired) electrons. The third-order valence-electron chi connectivity index (χ3n) is 7.96. The minimum Gasteiger partial charge on any atom is -0.493 e. The molecule has 3 amide bonds. The molecule has 4 aromatic rings. The minimum absolute atomic E-state index is 0.203. The number of halogens is 2. The second-order valence-corrected chi connectivity index (χ2v) is 13.7. The van der Waals surface area contributed by atoms with Crippen LogP contribution in [0.4, 0.5) is 11.4 Å². The number of esters is 1. The Hall–Kier alpha value is -4.30. The first-order chi connectivity index (χ1) is 23.1. The molecule has 15 heteroatoms. The summed E-state index contributed by atoms with van der Waals surface area (Å²) in [7, 11) is 2.99. The van der Waals surface area contributed by atoms with Crippen LogP contribution in [0.1, 0.15) is 33.6 Å². The third-order valence-corrected chi connectivity index (χ3v) is 11.3. The molecule has 3 aromatic carbocycles. The number of thiazole rings is 1. The molecule has 6 rings (SSSR count). The number of benzene rings is 3. The maximum absolute atomic E-state index is 14.2. The molecule has 248 valence electrons. The Bertz CT molecular complexity index is 2010. The summed E-state index contributed by atoms with van der Waals surface area (Å²) < 4.78 is 17.3. The van der Waals surface area contributed by atoms with E-state index in [0.29, 0.717) is 43.4 Å². The maximum atomic E-state index is 14.2. The van der Waals surface area contributed by atoms with Gasteiger partial charge in [0.1, 0.15) is 11.8 Å². The second-order valence-electron chi connectivity index (χ2n) is 10.7. The third kappa shape index (κ3) is 6.07. The summed E-state index contributed by atoms with van der Waals surface area (Å²) in [5.41, 5.74) is 1.59. The highest BCUT2D eigenvalue weighted by molar-refractivity contribution is 8.00. The lowest BCUT2D eigenvalue weighted by Gasteiger charge is -2.31. The van der Waals surface area contributed by atoms with Gasteiger partial charge in [0.15, 0.2) is 11.5 Å². The van der Waals surface area contributed by atoms with Crippen LogP contribution in [0.15, 0.2) is 70.5 Å². The number of hydrogen-bond acceptors (Lipinski definition) is 10. The minimum atomic E-state index is -0.925. The van der Waals surface area contributed by atoms with Gasteiger partial charge in [-0.1, -0.05) is 52.4 Å². The van der Waals surface area contributed by atoms with Crippen molar-refractivity contribution in [1.29, 1.82) is 0 Å². The summed E-state index contributed by atoms with van der Waals surface area (Å²) in [6.45, 7) is 1.55. The van der Waals surface area contributed by atoms with Crippen molar-refractivity contribution in [3.8, 4) is 11.5 Å². The highest BCUT2D eigenvalue weighted by atomic mass is 35.5. The average Bonchev–Trinajstić information content (AvgIpc) is 3.52. The van der Waals surface area contributed by atoms with E-state index in [1.807, 2.05) is 0 Å². The zero-order valence-corrected chi connectivity index (χ0v) is 28.8. The first-order valence-electron chi connectivity index (χ1n) is 14.6. The SMILES string of the molecule is CCOC(=O)c1ccc(N2C(=O)[C@H]3[C@H](c4ccc(OC)c(OC)c4)c4sc(=O)n(CC(=O)Nc5ccc(Cl)c(Cl)c5)c4S[C@H]3C2=O)cc1. The first kappa shape index (κ1) is 33.6. The smallest absolute Gasteiger partial charge is 0.338 e. The van der Waals surface area contributed by atoms with Crippen LogP contribution in [-0.4, -0.2) is 54.3 Å². The zero-order chi connectivity index (χ0) is 34.3. The van der Waals surface area contributed by atoms with Gasteiger partial charge in [-0.3, -0.25) is 23.7 Å². The van der Waals surface area contributed by atoms with Crippen LogP contribution in [-0.2, 0) is 25.7 Å². The van der Waals surface area contributed by atoms with E-state index in [1.54, 1.807) is 37.3 Å². The van der Waals surface area contributed by atoms with Gasteiger partial charge < -0.3 is 19.5 Å². The molecule has 48 heavy (non-hydrogen) atoms. The van der Waals surface area contributed by atoms with Gasteiger partial charge in [-0.2, -0.15) is 0 Å². The zero-order valence-electron chi connectivity index (χ0n) is 25.7. The fraction of sp³-hybridized carbons (Fsp3) is 0.242. The van der Waals surface area contributed by atoms with Gasteiger partial charge in [0, 0.05) is 16.5 Å². The lowest BCUT2D eigenvalue weighted by molar-refractivity contribution is -0.122. The second kappa shape index (κ2) is 13.7. The number of imide groups is 1. The average molecular weight is 729 g/mol. The van der Waals surface area contributed by atoms with E-state index in [-0.39, 0.29) is 23.7 Å². The normalized spacial score (nSPS) is 18.3. The molecule has 3 atom stereocenters. The summed E-state index contributed by atoms with van der Waals surface area (Å²) in [5, 5.41) is 2.79. The van der Waals surface area contributed by atoms with E-state index in [2.05, 4.69) is 5.32 Å². The van der Waals surface area contributed by atoms with Gasteiger partial charge in [-0.25, -0.2) is 9.69 Å². The van der Waals surface area contributed by atoms with Crippen molar-refractivity contribution >= 4 is 81.4 Å². The van der Waals surface area contributed by atoms with Crippen LogP contribution < -0.4 is 24.6 Å². The Morgan fingerprint density at radius 2 is 1.62 bits per heavy atom. The van der Waals surface area contributed by atoms with E-state index in [4.69, 9.17) is 37.4 Å². The van der Waals surface area contributed by atoms with Crippen molar-refractivity contribution < 1.29 is 33.4 Å².